The highest BCUT2D eigenvalue weighted by Gasteiger charge is 2.18. The number of hydrogen-bond donors (Lipinski definition) is 2. The van der Waals surface area contributed by atoms with Crippen LogP contribution in [0.25, 0.3) is 0 Å². The second-order valence-electron chi connectivity index (χ2n) is 4.65. The summed E-state index contributed by atoms with van der Waals surface area (Å²) in [6, 6.07) is 0.0857. The highest BCUT2D eigenvalue weighted by Crippen LogP contribution is 2.07. The van der Waals surface area contributed by atoms with Gasteiger partial charge >= 0.3 is 12.1 Å². The van der Waals surface area contributed by atoms with Gasteiger partial charge in [-0.15, -0.1) is 0 Å². The summed E-state index contributed by atoms with van der Waals surface area (Å²) in [6.45, 7) is 8.38. The predicted octanol–water partition coefficient (Wildman–Crippen LogP) is 1.52. The minimum atomic E-state index is -1.22. The Morgan fingerprint density at radius 3 is 2.33 bits per heavy atom. The van der Waals surface area contributed by atoms with E-state index in [9.17, 15) is 9.59 Å². The predicted molar refractivity (Wildman–Crippen MR) is 59.7 cm³/mol. The Labute approximate surface area is 90.8 Å². The lowest BCUT2D eigenvalue weighted by atomic mass is 10.3. The molecular weight excluding hydrogens is 214 g/mol. The summed E-state index contributed by atoms with van der Waals surface area (Å²) in [6.07, 6.45) is -1.22. The van der Waals surface area contributed by atoms with E-state index in [0.29, 0.717) is 6.61 Å². The number of amides is 1. The van der Waals surface area contributed by atoms with E-state index in [2.05, 4.69) is 19.6 Å². The van der Waals surface area contributed by atoms with Crippen molar-refractivity contribution in [3.63, 3.8) is 0 Å². The fraction of sp³-hybridized carbons (Fsp3) is 0.778. The molecule has 1 atom stereocenters. The van der Waals surface area contributed by atoms with E-state index in [1.165, 1.54) is 6.92 Å². The highest BCUT2D eigenvalue weighted by atomic mass is 28.3. The molecule has 0 rings (SSSR count). The first-order valence-electron chi connectivity index (χ1n) is 4.88. The van der Waals surface area contributed by atoms with Crippen LogP contribution < -0.4 is 5.32 Å². The van der Waals surface area contributed by atoms with Crippen molar-refractivity contribution in [2.45, 2.75) is 38.7 Å². The van der Waals surface area contributed by atoms with Gasteiger partial charge in [-0.05, 0) is 13.0 Å². The maximum absolute atomic E-state index is 11.2. The minimum absolute atomic E-state index is 0.375. The van der Waals surface area contributed by atoms with Gasteiger partial charge in [0, 0.05) is 8.07 Å². The quantitative estimate of drug-likeness (QED) is 0.557. The summed E-state index contributed by atoms with van der Waals surface area (Å²) < 4.78 is 4.95. The summed E-state index contributed by atoms with van der Waals surface area (Å²) >= 11 is 0. The molecule has 5 nitrogen and oxygen atoms in total. The summed E-state index contributed by atoms with van der Waals surface area (Å²) in [7, 11) is -1.20. The third-order valence-electron chi connectivity index (χ3n) is 1.79. The summed E-state index contributed by atoms with van der Waals surface area (Å²) in [4.78, 5) is 21.5. The fourth-order valence-electron chi connectivity index (χ4n) is 0.827. The lowest BCUT2D eigenvalue weighted by Crippen LogP contribution is -2.39. The molecule has 6 heteroatoms. The standard InChI is InChI=1S/C9H19NO4Si/c1-7(10-9(12)13)8(11)14-5-6-15(2,3)4/h7,10H,5-6H2,1-4H3,(H,12,13). The monoisotopic (exact) mass is 233 g/mol. The molecule has 0 aliphatic heterocycles. The molecule has 0 saturated heterocycles. The van der Waals surface area contributed by atoms with Gasteiger partial charge < -0.3 is 15.2 Å². The van der Waals surface area contributed by atoms with Gasteiger partial charge in [-0.1, -0.05) is 19.6 Å². The fourth-order valence-corrected chi connectivity index (χ4v) is 1.54. The van der Waals surface area contributed by atoms with E-state index >= 15 is 0 Å². The van der Waals surface area contributed by atoms with Crippen LogP contribution in [0.5, 0.6) is 0 Å². The van der Waals surface area contributed by atoms with Crippen LogP contribution in [0.15, 0.2) is 0 Å². The van der Waals surface area contributed by atoms with Gasteiger partial charge in [-0.2, -0.15) is 0 Å². The number of ether oxygens (including phenoxy) is 1. The van der Waals surface area contributed by atoms with E-state index < -0.39 is 26.2 Å². The first-order chi connectivity index (χ1) is 6.72. The van der Waals surface area contributed by atoms with Crippen molar-refractivity contribution in [2.24, 2.45) is 0 Å². The van der Waals surface area contributed by atoms with Gasteiger partial charge in [-0.3, -0.25) is 0 Å². The zero-order valence-corrected chi connectivity index (χ0v) is 10.7. The Bertz CT molecular complexity index is 237. The van der Waals surface area contributed by atoms with Crippen LogP contribution in [-0.4, -0.2) is 37.9 Å². The van der Waals surface area contributed by atoms with Crippen LogP contribution in [0.1, 0.15) is 6.92 Å². The van der Waals surface area contributed by atoms with E-state index in [1.807, 2.05) is 5.32 Å². The topological polar surface area (TPSA) is 75.6 Å². The molecule has 0 bridgehead atoms. The molecule has 0 fully saturated rings. The van der Waals surface area contributed by atoms with Crippen molar-refractivity contribution in [1.82, 2.24) is 5.32 Å². The van der Waals surface area contributed by atoms with Crippen molar-refractivity contribution in [3.8, 4) is 0 Å². The average Bonchev–Trinajstić information content (AvgIpc) is 2.00. The Morgan fingerprint density at radius 2 is 1.93 bits per heavy atom. The Hall–Kier alpha value is -1.04. The van der Waals surface area contributed by atoms with Crippen molar-refractivity contribution in [1.29, 1.82) is 0 Å². The first-order valence-corrected chi connectivity index (χ1v) is 8.59. The number of hydrogen-bond acceptors (Lipinski definition) is 3. The lowest BCUT2D eigenvalue weighted by molar-refractivity contribution is -0.145. The zero-order chi connectivity index (χ0) is 12.1. The SMILES string of the molecule is CC(NC(=O)O)C(=O)OCC[Si](C)(C)C. The zero-order valence-electron chi connectivity index (χ0n) is 9.66. The minimum Gasteiger partial charge on any atom is -0.465 e. The lowest BCUT2D eigenvalue weighted by Gasteiger charge is -2.16. The maximum atomic E-state index is 11.2. The van der Waals surface area contributed by atoms with E-state index in [4.69, 9.17) is 9.84 Å². The Balaban J connectivity index is 3.79. The number of esters is 1. The van der Waals surface area contributed by atoms with Gasteiger partial charge in [0.05, 0.1) is 6.61 Å². The van der Waals surface area contributed by atoms with E-state index in [1.54, 1.807) is 0 Å². The summed E-state index contributed by atoms with van der Waals surface area (Å²) in [5, 5.41) is 10.4. The van der Waals surface area contributed by atoms with Crippen LogP contribution in [0.3, 0.4) is 0 Å². The molecule has 0 aliphatic carbocycles. The molecule has 88 valence electrons. The molecule has 1 amide bonds. The molecule has 0 aromatic rings. The molecule has 0 spiro atoms. The summed E-state index contributed by atoms with van der Waals surface area (Å²) in [5.41, 5.74) is 0. The van der Waals surface area contributed by atoms with Crippen molar-refractivity contribution in [3.05, 3.63) is 0 Å². The second kappa shape index (κ2) is 5.74. The van der Waals surface area contributed by atoms with Crippen LogP contribution in [0.2, 0.25) is 25.7 Å². The van der Waals surface area contributed by atoms with Crippen LogP contribution in [0.4, 0.5) is 4.79 Å². The van der Waals surface area contributed by atoms with Crippen molar-refractivity contribution >= 4 is 20.1 Å². The number of carbonyl (C=O) groups excluding carboxylic acids is 1. The van der Waals surface area contributed by atoms with Crippen LogP contribution in [0, 0.1) is 0 Å². The molecular formula is C9H19NO4Si. The smallest absolute Gasteiger partial charge is 0.405 e. The molecule has 15 heavy (non-hydrogen) atoms. The number of carboxylic acid groups (broad SMARTS) is 1. The van der Waals surface area contributed by atoms with Crippen LogP contribution >= 0.6 is 0 Å². The van der Waals surface area contributed by atoms with E-state index in [-0.39, 0.29) is 0 Å². The van der Waals surface area contributed by atoms with Gasteiger partial charge in [0.25, 0.3) is 0 Å². The second-order valence-corrected chi connectivity index (χ2v) is 10.3. The highest BCUT2D eigenvalue weighted by molar-refractivity contribution is 6.76. The molecule has 0 aliphatic rings. The number of carbonyl (C=O) groups is 2. The van der Waals surface area contributed by atoms with Gasteiger partial charge in [0.15, 0.2) is 0 Å². The third-order valence-corrected chi connectivity index (χ3v) is 3.49. The third kappa shape index (κ3) is 7.99. The maximum Gasteiger partial charge on any atom is 0.405 e. The average molecular weight is 233 g/mol. The molecule has 2 N–H and O–H groups in total. The molecule has 0 heterocycles. The number of nitrogens with one attached hydrogen (secondary N) is 1. The van der Waals surface area contributed by atoms with Gasteiger partial charge in [-0.25, -0.2) is 9.59 Å². The molecule has 0 saturated carbocycles. The van der Waals surface area contributed by atoms with Crippen molar-refractivity contribution in [2.75, 3.05) is 6.61 Å². The van der Waals surface area contributed by atoms with Gasteiger partial charge in [0.2, 0.25) is 0 Å². The summed E-state index contributed by atoms with van der Waals surface area (Å²) in [5.74, 6) is -0.518. The number of rotatable bonds is 5. The Morgan fingerprint density at radius 1 is 1.40 bits per heavy atom. The largest absolute Gasteiger partial charge is 0.465 e. The molecule has 1 unspecified atom stereocenters. The molecule has 0 aromatic heterocycles. The van der Waals surface area contributed by atoms with Gasteiger partial charge in [0.1, 0.15) is 6.04 Å². The Kier molecular flexibility index (Phi) is 5.35. The normalized spacial score (nSPS) is 13.1. The van der Waals surface area contributed by atoms with Crippen molar-refractivity contribution < 1.29 is 19.4 Å². The first kappa shape index (κ1) is 14.0. The van der Waals surface area contributed by atoms with E-state index in [0.717, 1.165) is 6.04 Å². The molecule has 0 aromatic carbocycles. The van der Waals surface area contributed by atoms with Crippen LogP contribution in [-0.2, 0) is 9.53 Å². The molecule has 0 radical (unpaired) electrons.